The standard InChI is InChI=1S/C18H12BrCl2N3O/c19-13-4-6-14(7-5-13)24-9-1-2-15(24)11-22-23-18(25)12-3-8-16(20)17(21)10-12/h1-11H,(H,23,25)/b22-11-. The number of hydrogen-bond donors (Lipinski definition) is 1. The minimum absolute atomic E-state index is 0.322. The molecular formula is C18H12BrCl2N3O. The predicted octanol–water partition coefficient (Wildman–Crippen LogP) is 5.31. The molecule has 2 aromatic carbocycles. The minimum atomic E-state index is -0.364. The molecule has 0 unspecified atom stereocenters. The van der Waals surface area contributed by atoms with Crippen LogP contribution in [0.1, 0.15) is 16.1 Å². The fourth-order valence-corrected chi connectivity index (χ4v) is 2.76. The van der Waals surface area contributed by atoms with Crippen molar-refractivity contribution in [1.82, 2.24) is 9.99 Å². The molecule has 3 aromatic rings. The van der Waals surface area contributed by atoms with E-state index in [9.17, 15) is 4.79 Å². The van der Waals surface area contributed by atoms with Gasteiger partial charge in [0.2, 0.25) is 0 Å². The molecule has 0 aliphatic heterocycles. The molecule has 1 heterocycles. The molecule has 4 nitrogen and oxygen atoms in total. The second-order valence-corrected chi connectivity index (χ2v) is 6.84. The van der Waals surface area contributed by atoms with Crippen molar-refractivity contribution >= 4 is 51.3 Å². The Kier molecular flexibility index (Phi) is 5.58. The first-order valence-electron chi connectivity index (χ1n) is 7.26. The van der Waals surface area contributed by atoms with Crippen molar-refractivity contribution in [2.45, 2.75) is 0 Å². The van der Waals surface area contributed by atoms with Crippen LogP contribution < -0.4 is 5.43 Å². The van der Waals surface area contributed by atoms with E-state index in [1.807, 2.05) is 47.2 Å². The largest absolute Gasteiger partial charge is 0.316 e. The summed E-state index contributed by atoms with van der Waals surface area (Å²) in [5, 5.41) is 4.73. The van der Waals surface area contributed by atoms with Gasteiger partial charge in [-0.1, -0.05) is 39.1 Å². The summed E-state index contributed by atoms with van der Waals surface area (Å²) in [6.07, 6.45) is 3.50. The molecule has 0 spiro atoms. The summed E-state index contributed by atoms with van der Waals surface area (Å²) in [5.74, 6) is -0.364. The highest BCUT2D eigenvalue weighted by molar-refractivity contribution is 9.10. The lowest BCUT2D eigenvalue weighted by atomic mass is 10.2. The van der Waals surface area contributed by atoms with Crippen LogP contribution in [0.3, 0.4) is 0 Å². The number of rotatable bonds is 4. The second kappa shape index (κ2) is 7.87. The minimum Gasteiger partial charge on any atom is -0.316 e. The molecule has 0 atom stereocenters. The summed E-state index contributed by atoms with van der Waals surface area (Å²) >= 11 is 15.2. The smallest absolute Gasteiger partial charge is 0.271 e. The third-order valence-electron chi connectivity index (χ3n) is 3.43. The van der Waals surface area contributed by atoms with Crippen LogP contribution in [0.25, 0.3) is 5.69 Å². The van der Waals surface area contributed by atoms with E-state index in [0.717, 1.165) is 15.9 Å². The molecule has 0 aliphatic carbocycles. The maximum atomic E-state index is 12.1. The molecule has 7 heteroatoms. The Hall–Kier alpha value is -2.08. The summed E-state index contributed by atoms with van der Waals surface area (Å²) in [7, 11) is 0. The average molecular weight is 437 g/mol. The average Bonchev–Trinajstić information content (AvgIpc) is 3.06. The van der Waals surface area contributed by atoms with Crippen LogP contribution >= 0.6 is 39.1 Å². The van der Waals surface area contributed by atoms with Crippen molar-refractivity contribution in [1.29, 1.82) is 0 Å². The molecule has 3 rings (SSSR count). The van der Waals surface area contributed by atoms with Gasteiger partial charge in [-0.05, 0) is 54.6 Å². The van der Waals surface area contributed by atoms with Gasteiger partial charge in [0.1, 0.15) is 0 Å². The summed E-state index contributed by atoms with van der Waals surface area (Å²) < 4.78 is 2.97. The number of halogens is 3. The van der Waals surface area contributed by atoms with Crippen LogP contribution in [-0.4, -0.2) is 16.7 Å². The van der Waals surface area contributed by atoms with Crippen LogP contribution in [-0.2, 0) is 0 Å². The van der Waals surface area contributed by atoms with E-state index in [1.165, 1.54) is 6.07 Å². The Morgan fingerprint density at radius 1 is 1.08 bits per heavy atom. The zero-order chi connectivity index (χ0) is 17.8. The summed E-state index contributed by atoms with van der Waals surface area (Å²) in [6.45, 7) is 0. The van der Waals surface area contributed by atoms with Crippen LogP contribution in [0.15, 0.2) is 70.4 Å². The van der Waals surface area contributed by atoms with Crippen molar-refractivity contribution in [2.75, 3.05) is 0 Å². The molecule has 0 bridgehead atoms. The van der Waals surface area contributed by atoms with E-state index in [0.29, 0.717) is 15.6 Å². The SMILES string of the molecule is O=C(N/N=C\c1cccn1-c1ccc(Br)cc1)c1ccc(Cl)c(Cl)c1. The van der Waals surface area contributed by atoms with Crippen molar-refractivity contribution in [3.05, 3.63) is 86.6 Å². The van der Waals surface area contributed by atoms with Crippen molar-refractivity contribution in [3.8, 4) is 5.69 Å². The Morgan fingerprint density at radius 2 is 1.84 bits per heavy atom. The molecule has 25 heavy (non-hydrogen) atoms. The molecule has 0 saturated carbocycles. The quantitative estimate of drug-likeness (QED) is 0.437. The summed E-state index contributed by atoms with van der Waals surface area (Å²) in [4.78, 5) is 12.1. The van der Waals surface area contributed by atoms with Gasteiger partial charge < -0.3 is 4.57 Å². The van der Waals surface area contributed by atoms with Crippen LogP contribution in [0.2, 0.25) is 10.0 Å². The van der Waals surface area contributed by atoms with Crippen molar-refractivity contribution in [2.24, 2.45) is 5.10 Å². The van der Waals surface area contributed by atoms with E-state index in [4.69, 9.17) is 23.2 Å². The number of carbonyl (C=O) groups is 1. The Morgan fingerprint density at radius 3 is 2.56 bits per heavy atom. The van der Waals surface area contributed by atoms with Gasteiger partial charge in [0.05, 0.1) is 22.0 Å². The second-order valence-electron chi connectivity index (χ2n) is 5.11. The van der Waals surface area contributed by atoms with E-state index in [2.05, 4.69) is 26.5 Å². The van der Waals surface area contributed by atoms with Gasteiger partial charge >= 0.3 is 0 Å². The van der Waals surface area contributed by atoms with Gasteiger partial charge in [-0.25, -0.2) is 5.43 Å². The van der Waals surface area contributed by atoms with Gasteiger partial charge in [-0.2, -0.15) is 5.10 Å². The lowest BCUT2D eigenvalue weighted by Crippen LogP contribution is -2.17. The van der Waals surface area contributed by atoms with Gasteiger partial charge in [-0.15, -0.1) is 0 Å². The van der Waals surface area contributed by atoms with Crippen molar-refractivity contribution < 1.29 is 4.79 Å². The number of hydrogen-bond acceptors (Lipinski definition) is 2. The Balaban J connectivity index is 1.73. The number of nitrogens with one attached hydrogen (secondary N) is 1. The lowest BCUT2D eigenvalue weighted by molar-refractivity contribution is 0.0955. The number of benzene rings is 2. The number of nitrogens with zero attached hydrogens (tertiary/aromatic N) is 2. The van der Waals surface area contributed by atoms with Crippen LogP contribution in [0.4, 0.5) is 0 Å². The maximum Gasteiger partial charge on any atom is 0.271 e. The van der Waals surface area contributed by atoms with E-state index in [-0.39, 0.29) is 5.91 Å². The van der Waals surface area contributed by atoms with Gasteiger partial charge in [0.25, 0.3) is 5.91 Å². The number of hydrazone groups is 1. The fraction of sp³-hybridized carbons (Fsp3) is 0. The van der Waals surface area contributed by atoms with Crippen LogP contribution in [0, 0.1) is 0 Å². The third-order valence-corrected chi connectivity index (χ3v) is 4.70. The molecule has 0 radical (unpaired) electrons. The molecule has 0 fully saturated rings. The van der Waals surface area contributed by atoms with Crippen molar-refractivity contribution in [3.63, 3.8) is 0 Å². The highest BCUT2D eigenvalue weighted by Gasteiger charge is 2.07. The fourth-order valence-electron chi connectivity index (χ4n) is 2.20. The molecule has 0 aliphatic rings. The van der Waals surface area contributed by atoms with Gasteiger partial charge in [-0.3, -0.25) is 4.79 Å². The molecular weight excluding hydrogens is 425 g/mol. The first kappa shape index (κ1) is 17.7. The highest BCUT2D eigenvalue weighted by Crippen LogP contribution is 2.22. The van der Waals surface area contributed by atoms with E-state index >= 15 is 0 Å². The molecule has 1 aromatic heterocycles. The normalized spacial score (nSPS) is 11.0. The molecule has 0 saturated heterocycles. The monoisotopic (exact) mass is 435 g/mol. The summed E-state index contributed by atoms with van der Waals surface area (Å²) in [5.41, 5.74) is 4.69. The number of amides is 1. The highest BCUT2D eigenvalue weighted by atomic mass is 79.9. The lowest BCUT2D eigenvalue weighted by Gasteiger charge is -2.06. The zero-order valence-corrected chi connectivity index (χ0v) is 15.9. The topological polar surface area (TPSA) is 46.4 Å². The first-order valence-corrected chi connectivity index (χ1v) is 8.81. The Bertz CT molecular complexity index is 936. The number of aromatic nitrogens is 1. The first-order chi connectivity index (χ1) is 12.0. The molecule has 1 N–H and O–H groups in total. The van der Waals surface area contributed by atoms with Gasteiger partial charge in [0.15, 0.2) is 0 Å². The van der Waals surface area contributed by atoms with E-state index < -0.39 is 0 Å². The Labute approximate surface area is 163 Å². The van der Waals surface area contributed by atoms with Gasteiger partial charge in [0, 0.05) is 21.9 Å². The van der Waals surface area contributed by atoms with E-state index in [1.54, 1.807) is 18.3 Å². The molecule has 126 valence electrons. The zero-order valence-electron chi connectivity index (χ0n) is 12.8. The third kappa shape index (κ3) is 4.31. The van der Waals surface area contributed by atoms with Crippen LogP contribution in [0.5, 0.6) is 0 Å². The summed E-state index contributed by atoms with van der Waals surface area (Å²) in [6, 6.07) is 16.3. The maximum absolute atomic E-state index is 12.1. The number of carbonyl (C=O) groups excluding carboxylic acids is 1. The molecule has 1 amide bonds. The predicted molar refractivity (Wildman–Crippen MR) is 105 cm³/mol.